The van der Waals surface area contributed by atoms with Gasteiger partial charge in [-0.05, 0) is 170 Å². The monoisotopic (exact) mass is 1840 g/mol. The van der Waals surface area contributed by atoms with Crippen molar-refractivity contribution in [1.29, 1.82) is 0 Å². The van der Waals surface area contributed by atoms with Gasteiger partial charge in [-0.3, -0.25) is 24.2 Å². The summed E-state index contributed by atoms with van der Waals surface area (Å²) in [6.45, 7) is 83.2. The number of H-pyrrole nitrogens is 1. The van der Waals surface area contributed by atoms with E-state index in [0.717, 1.165) is 58.3 Å². The fourth-order valence-corrected chi connectivity index (χ4v) is 13.5. The molecule has 15 nitrogen and oxygen atoms in total. The highest BCUT2D eigenvalue weighted by molar-refractivity contribution is 7.10. The Morgan fingerprint density at radius 1 is 0.430 bits per heavy atom. The number of aromatic amines is 1. The third-order valence-corrected chi connectivity index (χ3v) is 22.8. The molecule has 14 aromatic rings. The number of nitrogens with zero attached hydrogens (tertiary/aromatic N) is 11. The van der Waals surface area contributed by atoms with Crippen LogP contribution in [0, 0.1) is 16.7 Å². The third kappa shape index (κ3) is 41.6. The Labute approximate surface area is 817 Å². The van der Waals surface area contributed by atoms with E-state index in [1.54, 1.807) is 24.2 Å². The highest BCUT2D eigenvalue weighted by Crippen LogP contribution is 2.35. The molecule has 2 aliphatic heterocycles. The lowest BCUT2D eigenvalue weighted by atomic mass is 9.85. The molecular formula is C119H165N13O2S. The lowest BCUT2D eigenvalue weighted by molar-refractivity contribution is 0.416. The molecule has 1 aliphatic carbocycles. The summed E-state index contributed by atoms with van der Waals surface area (Å²) < 4.78 is 10.7. The maximum Gasteiger partial charge on any atom is 0.266 e. The van der Waals surface area contributed by atoms with Crippen molar-refractivity contribution in [1.82, 2.24) is 58.6 Å². The maximum atomic E-state index is 10.2. The van der Waals surface area contributed by atoms with Crippen LogP contribution in [0.1, 0.15) is 311 Å². The molecule has 0 saturated heterocycles. The number of fused-ring (bicyclic) bond motifs is 5. The van der Waals surface area contributed by atoms with Gasteiger partial charge in [0, 0.05) is 121 Å². The summed E-state index contributed by atoms with van der Waals surface area (Å²) in [5.41, 5.74) is 22.5. The number of thiophene rings is 1. The van der Waals surface area contributed by atoms with Crippen molar-refractivity contribution in [3.63, 3.8) is 0 Å². The minimum Gasteiger partial charge on any atom is -0.364 e. The van der Waals surface area contributed by atoms with Gasteiger partial charge in [0.1, 0.15) is 17.6 Å². The number of rotatable bonds is 0. The topological polar surface area (TPSA) is 174 Å². The van der Waals surface area contributed by atoms with E-state index < -0.39 is 0 Å². The van der Waals surface area contributed by atoms with Crippen LogP contribution in [0.2, 0.25) is 0 Å². The van der Waals surface area contributed by atoms with Crippen molar-refractivity contribution in [2.75, 3.05) is 0 Å². The quantitative estimate of drug-likeness (QED) is 0.149. The molecule has 0 bridgehead atoms. The van der Waals surface area contributed by atoms with Crippen LogP contribution in [0.4, 0.5) is 5.69 Å². The third-order valence-electron chi connectivity index (χ3n) is 21.5. The smallest absolute Gasteiger partial charge is 0.266 e. The predicted molar refractivity (Wildman–Crippen MR) is 581 cm³/mol. The highest BCUT2D eigenvalue weighted by atomic mass is 32.1. The van der Waals surface area contributed by atoms with Crippen LogP contribution in [0.15, 0.2) is 325 Å². The molecule has 0 fully saturated rings. The summed E-state index contributed by atoms with van der Waals surface area (Å²) >= 11 is 1.83. The van der Waals surface area contributed by atoms with Crippen molar-refractivity contribution in [3.05, 3.63) is 375 Å². The van der Waals surface area contributed by atoms with Gasteiger partial charge in [0.2, 0.25) is 5.78 Å². The number of imidazole rings is 3. The van der Waals surface area contributed by atoms with E-state index in [1.165, 1.54) is 78.9 Å². The number of aromatic nitrogens is 11. The summed E-state index contributed by atoms with van der Waals surface area (Å²) in [4.78, 5) is 43.0. The Hall–Kier alpha value is -11.8. The van der Waals surface area contributed by atoms with Gasteiger partial charge < -0.3 is 23.6 Å². The van der Waals surface area contributed by atoms with Crippen molar-refractivity contribution in [2.24, 2.45) is 21.7 Å². The van der Waals surface area contributed by atoms with Gasteiger partial charge in [0.05, 0.1) is 23.6 Å². The van der Waals surface area contributed by atoms with Crippen molar-refractivity contribution in [3.8, 4) is 0 Å². The number of benzene rings is 4. The number of para-hydroxylation sites is 1. The van der Waals surface area contributed by atoms with Gasteiger partial charge in [-0.2, -0.15) is 0 Å². The Balaban J connectivity index is 0.000000260. The van der Waals surface area contributed by atoms with Gasteiger partial charge in [0.25, 0.3) is 5.56 Å². The number of hydrogen-bond acceptors (Lipinski definition) is 12. The SMILES string of the molecule is C=C1C=CC(C(C)(C)C)=CN1.CC(C)(C)C1=CC=CC1.CC(C)(C)c1ccc2c(c1)N=CC2.CC(C)(C)c1ccc2nccn2c1.CC(C)(C)c1ccc2nccn2c1.CC(C)(C)c1ccccc1.CC(C)(C)c1ccccc1.CC(C)(C)c1cccs1.CC(C)(C)c1ccnc2ccccc12.CC(C)(C)c1cnc2nccn2c1.CC(C)(C)c1cnoc1.CC(C)C.O=c1cncc[nH]1. The Morgan fingerprint density at radius 3 is 1.31 bits per heavy atom. The minimum absolute atomic E-state index is 0.144. The molecule has 3 aliphatic rings. The van der Waals surface area contributed by atoms with E-state index in [-0.39, 0.29) is 43.5 Å². The molecule has 2 N–H and O–H groups in total. The number of dihydropyridines is 1. The van der Waals surface area contributed by atoms with Crippen molar-refractivity contribution >= 4 is 51.2 Å². The standard InChI is InChI=1S/C13H15N.C12H15N.2C11H14N2.C10H13N3.C10H15N.2C10H14.C9H14.C8H12S.C7H11NO.C4H4N2O.C4H10/c1-13(2,3)11-8-9-14-12-7-5-4-6-10(11)12;1-12(2,3)10-5-4-9-6-7-13-11(9)8-10;2*1-11(2,3)9-4-5-10-12-6-7-13(10)8-9;1-10(2,3)8-6-12-9-11-4-5-13(9)7-8;1-8-5-6-9(7-11-8)10(2,3)4;2*1-10(2,3)9-7-5-4-6-8-9;1-9(2,3)8-6-4-5-7-8;1-8(2,3)7-5-4-6-9-7;1-7(2,3)6-4-8-9-5-6;7-4-3-5-1-2-6-4;1-4(2)3/h4-9H,1-3H3;4-5,7-8H,6H2,1-3H3;2*4-8H,1-3H3;4-7H,1-3H3;5-7,11H,1H2,2-4H3;2*4-8H,1-3H3;4-6H,7H2,1-3H3;4-6H,1-3H3;4-5H,1-3H3;1-3H,(H,6,7);4H,1-3H3. The highest BCUT2D eigenvalue weighted by Gasteiger charge is 2.23. The zero-order valence-electron chi connectivity index (χ0n) is 89.1. The number of hydrogen-bond donors (Lipinski definition) is 2. The van der Waals surface area contributed by atoms with Crippen molar-refractivity contribution < 1.29 is 4.52 Å². The molecule has 135 heavy (non-hydrogen) atoms. The lowest BCUT2D eigenvalue weighted by Crippen LogP contribution is -2.15. The molecule has 724 valence electrons. The van der Waals surface area contributed by atoms with Crippen LogP contribution in [-0.2, 0) is 55.2 Å². The van der Waals surface area contributed by atoms with E-state index in [1.807, 2.05) is 83.7 Å². The Kier molecular flexibility index (Phi) is 42.7. The summed E-state index contributed by atoms with van der Waals surface area (Å²) in [6, 6.07) is 50.8. The zero-order valence-corrected chi connectivity index (χ0v) is 89.9. The average molecular weight is 1840 g/mol. The fourth-order valence-electron chi connectivity index (χ4n) is 12.6. The van der Waals surface area contributed by atoms with Gasteiger partial charge in [-0.1, -0.05) is 400 Å². The molecule has 4 aromatic carbocycles. The average Bonchev–Trinajstić information content (AvgIpc) is 1.73. The van der Waals surface area contributed by atoms with Crippen LogP contribution < -0.4 is 10.9 Å². The van der Waals surface area contributed by atoms with E-state index in [2.05, 4.69) is 503 Å². The first kappa shape index (κ1) is 114. The van der Waals surface area contributed by atoms with E-state index >= 15 is 0 Å². The maximum absolute atomic E-state index is 10.2. The second-order valence-corrected chi connectivity index (χ2v) is 47.0. The minimum atomic E-state index is -0.164. The lowest BCUT2D eigenvalue weighted by Gasteiger charge is -2.22. The second-order valence-electron chi connectivity index (χ2n) is 46.1. The zero-order chi connectivity index (χ0) is 101. The summed E-state index contributed by atoms with van der Waals surface area (Å²) in [5, 5.41) is 10.1. The molecular weight excluding hydrogens is 1680 g/mol. The Morgan fingerprint density at radius 2 is 0.926 bits per heavy atom. The largest absolute Gasteiger partial charge is 0.364 e. The van der Waals surface area contributed by atoms with Crippen LogP contribution in [0.3, 0.4) is 0 Å². The van der Waals surface area contributed by atoms with E-state index in [9.17, 15) is 4.79 Å². The van der Waals surface area contributed by atoms with Crippen LogP contribution >= 0.6 is 11.3 Å². The molecule has 0 saturated carbocycles. The van der Waals surface area contributed by atoms with Gasteiger partial charge in [-0.15, -0.1) is 11.3 Å². The summed E-state index contributed by atoms with van der Waals surface area (Å²) in [6.07, 6.45) is 45.9. The molecule has 0 atom stereocenters. The predicted octanol–water partition coefficient (Wildman–Crippen LogP) is 32.0. The number of aliphatic imine (C=N–C) groups is 1. The molecule has 0 radical (unpaired) electrons. The molecule has 12 heterocycles. The normalized spacial score (nSPS) is 12.9. The summed E-state index contributed by atoms with van der Waals surface area (Å²) in [7, 11) is 0. The molecule has 16 heteroatoms. The first-order chi connectivity index (χ1) is 62.5. The molecule has 0 amide bonds. The molecule has 17 rings (SSSR count). The first-order valence-electron chi connectivity index (χ1n) is 47.4. The Bertz CT molecular complexity index is 5730. The van der Waals surface area contributed by atoms with Gasteiger partial charge in [0.15, 0.2) is 0 Å². The number of nitrogens with one attached hydrogen (secondary N) is 2. The molecule has 0 spiro atoms. The van der Waals surface area contributed by atoms with E-state index in [4.69, 9.17) is 4.52 Å². The van der Waals surface area contributed by atoms with Gasteiger partial charge in [-0.25, -0.2) is 19.9 Å². The molecule has 10 aromatic heterocycles. The van der Waals surface area contributed by atoms with Crippen molar-refractivity contribution in [2.45, 2.75) is 311 Å². The molecule has 0 unspecified atom stereocenters. The van der Waals surface area contributed by atoms with Crippen LogP contribution in [0.5, 0.6) is 0 Å². The number of pyridine rings is 3. The van der Waals surface area contributed by atoms with E-state index in [0.29, 0.717) is 21.7 Å². The first-order valence-corrected chi connectivity index (χ1v) is 48.3. The van der Waals surface area contributed by atoms with Gasteiger partial charge >= 0.3 is 0 Å². The van der Waals surface area contributed by atoms with Crippen LogP contribution in [-0.4, -0.2) is 59.5 Å². The summed E-state index contributed by atoms with van der Waals surface area (Å²) in [5.74, 6) is 1.59. The second kappa shape index (κ2) is 50.7. The fraction of sp³-hybridized carbons (Fsp3) is 0.420. The number of allylic oxidation sites excluding steroid dienone is 7. The van der Waals surface area contributed by atoms with Crippen LogP contribution in [0.25, 0.3) is 28.0 Å².